The monoisotopic (exact) mass is 419 g/mol. The SMILES string of the molecule is COc1ccccc1[C@@H]1CC(c2ccc(C)c(C)c2)=NN1C(=O)CN1CCC(C)CC1. The van der Waals surface area contributed by atoms with E-state index in [1.54, 1.807) is 12.1 Å². The summed E-state index contributed by atoms with van der Waals surface area (Å²) < 4.78 is 5.62. The van der Waals surface area contributed by atoms with E-state index in [0.29, 0.717) is 13.0 Å². The van der Waals surface area contributed by atoms with Gasteiger partial charge in [-0.15, -0.1) is 0 Å². The number of hydrogen-bond donors (Lipinski definition) is 0. The standard InChI is InChI=1S/C26H33N3O2/c1-18-11-13-28(14-12-18)17-26(30)29-24(22-7-5-6-8-25(22)31-4)16-23(27-29)21-10-9-19(2)20(3)15-21/h5-10,15,18,24H,11-14,16-17H2,1-4H3/t24-/m0/s1. The highest BCUT2D eigenvalue weighted by Gasteiger charge is 2.35. The number of piperidine rings is 1. The van der Waals surface area contributed by atoms with Crippen molar-refractivity contribution in [2.75, 3.05) is 26.7 Å². The summed E-state index contributed by atoms with van der Waals surface area (Å²) in [6.45, 7) is 8.90. The maximum Gasteiger partial charge on any atom is 0.257 e. The molecule has 0 N–H and O–H groups in total. The molecule has 0 unspecified atom stereocenters. The maximum absolute atomic E-state index is 13.4. The first kappa shape index (κ1) is 21.6. The number of carbonyl (C=O) groups excluding carboxylic acids is 1. The Balaban J connectivity index is 1.63. The first-order valence-corrected chi connectivity index (χ1v) is 11.3. The van der Waals surface area contributed by atoms with E-state index in [1.807, 2.05) is 24.3 Å². The molecular weight excluding hydrogens is 386 g/mol. The van der Waals surface area contributed by atoms with Crippen molar-refractivity contribution in [1.29, 1.82) is 0 Å². The van der Waals surface area contributed by atoms with Crippen molar-refractivity contribution in [3.8, 4) is 5.75 Å². The van der Waals surface area contributed by atoms with Crippen molar-refractivity contribution >= 4 is 11.6 Å². The van der Waals surface area contributed by atoms with E-state index in [0.717, 1.165) is 54.4 Å². The molecule has 1 fully saturated rings. The predicted molar refractivity (Wildman–Crippen MR) is 124 cm³/mol. The number of rotatable bonds is 5. The molecule has 0 bridgehead atoms. The number of aryl methyl sites for hydroxylation is 2. The summed E-state index contributed by atoms with van der Waals surface area (Å²) in [7, 11) is 1.68. The maximum atomic E-state index is 13.4. The number of likely N-dealkylation sites (tertiary alicyclic amines) is 1. The Kier molecular flexibility index (Phi) is 6.42. The number of ether oxygens (including phenoxy) is 1. The van der Waals surface area contributed by atoms with Crippen molar-refractivity contribution in [3.63, 3.8) is 0 Å². The molecule has 0 spiro atoms. The van der Waals surface area contributed by atoms with Gasteiger partial charge in [-0.05, 0) is 74.5 Å². The second-order valence-electron chi connectivity index (χ2n) is 9.00. The van der Waals surface area contributed by atoms with Crippen molar-refractivity contribution in [1.82, 2.24) is 9.91 Å². The van der Waals surface area contributed by atoms with Crippen molar-refractivity contribution in [2.45, 2.75) is 46.1 Å². The van der Waals surface area contributed by atoms with Crippen LogP contribution in [0.5, 0.6) is 5.75 Å². The van der Waals surface area contributed by atoms with Crippen molar-refractivity contribution in [2.24, 2.45) is 11.0 Å². The van der Waals surface area contributed by atoms with E-state index < -0.39 is 0 Å². The van der Waals surface area contributed by atoms with Crippen LogP contribution in [0.25, 0.3) is 0 Å². The van der Waals surface area contributed by atoms with Gasteiger partial charge in [0.05, 0.1) is 25.4 Å². The highest BCUT2D eigenvalue weighted by atomic mass is 16.5. The molecule has 2 heterocycles. The number of methoxy groups -OCH3 is 1. The van der Waals surface area contributed by atoms with E-state index in [-0.39, 0.29) is 11.9 Å². The number of nitrogens with zero attached hydrogens (tertiary/aromatic N) is 3. The summed E-state index contributed by atoms with van der Waals surface area (Å²) in [6.07, 6.45) is 2.99. The molecule has 2 aromatic rings. The van der Waals surface area contributed by atoms with Gasteiger partial charge >= 0.3 is 0 Å². The van der Waals surface area contributed by atoms with Gasteiger partial charge in [0, 0.05) is 12.0 Å². The molecule has 1 amide bonds. The van der Waals surface area contributed by atoms with Gasteiger partial charge in [0.2, 0.25) is 0 Å². The average molecular weight is 420 g/mol. The number of benzene rings is 2. The molecule has 2 aliphatic heterocycles. The number of carbonyl (C=O) groups is 1. The molecule has 0 aromatic heterocycles. The molecule has 0 radical (unpaired) electrons. The second kappa shape index (κ2) is 9.23. The number of hydrazone groups is 1. The largest absolute Gasteiger partial charge is 0.496 e. The second-order valence-corrected chi connectivity index (χ2v) is 9.00. The molecule has 0 aliphatic carbocycles. The summed E-state index contributed by atoms with van der Waals surface area (Å²) >= 11 is 0. The van der Waals surface area contributed by atoms with Crippen LogP contribution in [0.15, 0.2) is 47.6 Å². The molecule has 31 heavy (non-hydrogen) atoms. The minimum atomic E-state index is -0.149. The molecule has 2 aromatic carbocycles. The third-order valence-electron chi connectivity index (χ3n) is 6.74. The summed E-state index contributed by atoms with van der Waals surface area (Å²) in [5.74, 6) is 1.60. The minimum absolute atomic E-state index is 0.0595. The summed E-state index contributed by atoms with van der Waals surface area (Å²) in [4.78, 5) is 15.7. The fraction of sp³-hybridized carbons (Fsp3) is 0.462. The van der Waals surface area contributed by atoms with Crippen LogP contribution in [0, 0.1) is 19.8 Å². The molecule has 4 rings (SSSR count). The zero-order valence-electron chi connectivity index (χ0n) is 19.1. The van der Waals surface area contributed by atoms with Gasteiger partial charge in [-0.25, -0.2) is 5.01 Å². The van der Waals surface area contributed by atoms with Gasteiger partial charge in [-0.2, -0.15) is 5.10 Å². The van der Waals surface area contributed by atoms with Gasteiger partial charge in [-0.1, -0.05) is 37.3 Å². The molecular formula is C26H33N3O2. The smallest absolute Gasteiger partial charge is 0.257 e. The zero-order chi connectivity index (χ0) is 22.0. The normalized spacial score (nSPS) is 20.1. The van der Waals surface area contributed by atoms with E-state index in [9.17, 15) is 4.79 Å². The zero-order valence-corrected chi connectivity index (χ0v) is 19.1. The lowest BCUT2D eigenvalue weighted by Crippen LogP contribution is -2.41. The highest BCUT2D eigenvalue weighted by Crippen LogP contribution is 2.37. The molecule has 1 saturated heterocycles. The third-order valence-corrected chi connectivity index (χ3v) is 6.74. The van der Waals surface area contributed by atoms with Crippen LogP contribution < -0.4 is 4.74 Å². The van der Waals surface area contributed by atoms with Crippen LogP contribution in [0.3, 0.4) is 0 Å². The van der Waals surface area contributed by atoms with Crippen LogP contribution >= 0.6 is 0 Å². The topological polar surface area (TPSA) is 45.1 Å². The molecule has 5 heteroatoms. The Morgan fingerprint density at radius 2 is 1.84 bits per heavy atom. The number of amides is 1. The number of para-hydroxylation sites is 1. The Bertz CT molecular complexity index is 976. The summed E-state index contributed by atoms with van der Waals surface area (Å²) in [5, 5.41) is 6.57. The molecule has 164 valence electrons. The van der Waals surface area contributed by atoms with Crippen LogP contribution in [-0.2, 0) is 4.79 Å². The van der Waals surface area contributed by atoms with E-state index in [2.05, 4.69) is 43.9 Å². The first-order valence-electron chi connectivity index (χ1n) is 11.3. The van der Waals surface area contributed by atoms with E-state index >= 15 is 0 Å². The van der Waals surface area contributed by atoms with Crippen LogP contribution in [-0.4, -0.2) is 48.3 Å². The Morgan fingerprint density at radius 3 is 2.55 bits per heavy atom. The molecule has 1 atom stereocenters. The van der Waals surface area contributed by atoms with Crippen LogP contribution in [0.2, 0.25) is 0 Å². The lowest BCUT2D eigenvalue weighted by atomic mass is 9.96. The minimum Gasteiger partial charge on any atom is -0.496 e. The third kappa shape index (κ3) is 4.67. The van der Waals surface area contributed by atoms with Gasteiger partial charge < -0.3 is 4.74 Å². The molecule has 2 aliphatic rings. The van der Waals surface area contributed by atoms with Gasteiger partial charge in [0.1, 0.15) is 5.75 Å². The van der Waals surface area contributed by atoms with Gasteiger partial charge in [0.15, 0.2) is 0 Å². The average Bonchev–Trinajstić information content (AvgIpc) is 3.22. The van der Waals surface area contributed by atoms with Crippen LogP contribution in [0.4, 0.5) is 0 Å². The van der Waals surface area contributed by atoms with Crippen LogP contribution in [0.1, 0.15) is 54.5 Å². The Morgan fingerprint density at radius 1 is 1.10 bits per heavy atom. The summed E-state index contributed by atoms with van der Waals surface area (Å²) in [6, 6.07) is 14.2. The fourth-order valence-corrected chi connectivity index (χ4v) is 4.50. The number of hydrogen-bond acceptors (Lipinski definition) is 4. The predicted octanol–water partition coefficient (Wildman–Crippen LogP) is 4.72. The fourth-order valence-electron chi connectivity index (χ4n) is 4.50. The summed E-state index contributed by atoms with van der Waals surface area (Å²) in [5.41, 5.74) is 5.55. The highest BCUT2D eigenvalue weighted by molar-refractivity contribution is 6.03. The lowest BCUT2D eigenvalue weighted by molar-refractivity contribution is -0.134. The molecule has 5 nitrogen and oxygen atoms in total. The van der Waals surface area contributed by atoms with E-state index in [4.69, 9.17) is 9.84 Å². The van der Waals surface area contributed by atoms with Crippen molar-refractivity contribution < 1.29 is 9.53 Å². The Labute approximate surface area is 185 Å². The molecule has 0 saturated carbocycles. The quantitative estimate of drug-likeness (QED) is 0.704. The lowest BCUT2D eigenvalue weighted by Gasteiger charge is -2.31. The first-order chi connectivity index (χ1) is 15.0. The van der Waals surface area contributed by atoms with Gasteiger partial charge in [-0.3, -0.25) is 9.69 Å². The Hall–Kier alpha value is -2.66. The van der Waals surface area contributed by atoms with Crippen molar-refractivity contribution in [3.05, 3.63) is 64.7 Å². The van der Waals surface area contributed by atoms with E-state index in [1.165, 1.54) is 11.1 Å². The van der Waals surface area contributed by atoms with Gasteiger partial charge in [0.25, 0.3) is 5.91 Å².